The zero-order valence-corrected chi connectivity index (χ0v) is 13.3. The van der Waals surface area contributed by atoms with Gasteiger partial charge in [0, 0.05) is 16.9 Å². The minimum absolute atomic E-state index is 0.00830. The summed E-state index contributed by atoms with van der Waals surface area (Å²) < 4.78 is 19.6. The van der Waals surface area contributed by atoms with Crippen molar-refractivity contribution >= 4 is 23.4 Å². The van der Waals surface area contributed by atoms with Crippen molar-refractivity contribution in [1.82, 2.24) is 0 Å². The van der Waals surface area contributed by atoms with E-state index in [1.807, 2.05) is 0 Å². The fraction of sp³-hybridized carbons (Fsp3) is 0.235. The molecule has 1 amide bonds. The minimum Gasteiger partial charge on any atom is -0.491 e. The van der Waals surface area contributed by atoms with Gasteiger partial charge in [0.2, 0.25) is 0 Å². The van der Waals surface area contributed by atoms with E-state index in [1.165, 1.54) is 17.8 Å². The molecule has 0 fully saturated rings. The highest BCUT2D eigenvalue weighted by molar-refractivity contribution is 7.98. The van der Waals surface area contributed by atoms with Crippen LogP contribution in [-0.4, -0.2) is 23.9 Å². The number of aliphatic hydroxyl groups excluding tert-OH is 1. The zero-order valence-electron chi connectivity index (χ0n) is 12.5. The molecule has 0 radical (unpaired) electrons. The normalized spacial score (nSPS) is 16.4. The van der Waals surface area contributed by atoms with Gasteiger partial charge in [0.05, 0.1) is 24.0 Å². The van der Waals surface area contributed by atoms with Crippen LogP contribution in [0.2, 0.25) is 0 Å². The lowest BCUT2D eigenvalue weighted by Gasteiger charge is -2.24. The van der Waals surface area contributed by atoms with Crippen LogP contribution in [0.5, 0.6) is 5.75 Å². The second-order valence-corrected chi connectivity index (χ2v) is 6.00. The molecular formula is C17H16FNO3S. The van der Waals surface area contributed by atoms with Crippen LogP contribution in [0.15, 0.2) is 41.3 Å². The summed E-state index contributed by atoms with van der Waals surface area (Å²) in [6, 6.07) is 9.68. The molecule has 0 saturated heterocycles. The van der Waals surface area contributed by atoms with E-state index < -0.39 is 17.8 Å². The lowest BCUT2D eigenvalue weighted by atomic mass is 10.0. The number of nitrogens with one attached hydrogen (secondary N) is 1. The van der Waals surface area contributed by atoms with Gasteiger partial charge in [0.15, 0.2) is 0 Å². The van der Waals surface area contributed by atoms with E-state index in [-0.39, 0.29) is 5.56 Å². The van der Waals surface area contributed by atoms with Crippen molar-refractivity contribution in [1.29, 1.82) is 0 Å². The third kappa shape index (κ3) is 3.04. The monoisotopic (exact) mass is 333 g/mol. The molecule has 2 aromatic carbocycles. The highest BCUT2D eigenvalue weighted by Gasteiger charge is 2.24. The number of benzene rings is 2. The molecule has 0 saturated carbocycles. The number of carbonyl (C=O) groups excluding carboxylic acids is 1. The number of amides is 1. The maximum absolute atomic E-state index is 14.0. The van der Waals surface area contributed by atoms with Crippen LogP contribution in [0.4, 0.5) is 10.1 Å². The molecule has 120 valence electrons. The Bertz CT molecular complexity index is 751. The number of hydrogen-bond donors (Lipinski definition) is 2. The van der Waals surface area contributed by atoms with Crippen LogP contribution < -0.4 is 10.1 Å². The van der Waals surface area contributed by atoms with Crippen LogP contribution in [0.1, 0.15) is 28.4 Å². The molecule has 0 aromatic heterocycles. The summed E-state index contributed by atoms with van der Waals surface area (Å²) in [5.41, 5.74) is 1.07. The van der Waals surface area contributed by atoms with Crippen molar-refractivity contribution in [3.8, 4) is 5.75 Å². The maximum atomic E-state index is 14.0. The molecule has 23 heavy (non-hydrogen) atoms. The number of anilines is 1. The summed E-state index contributed by atoms with van der Waals surface area (Å²) in [7, 11) is 0. The van der Waals surface area contributed by atoms with Crippen LogP contribution in [0, 0.1) is 5.82 Å². The predicted octanol–water partition coefficient (Wildman–Crippen LogP) is 3.62. The molecule has 2 N–H and O–H groups in total. The molecule has 0 bridgehead atoms. The van der Waals surface area contributed by atoms with Gasteiger partial charge in [0.1, 0.15) is 11.6 Å². The lowest BCUT2D eigenvalue weighted by Crippen LogP contribution is -2.19. The maximum Gasteiger partial charge on any atom is 0.259 e. The van der Waals surface area contributed by atoms with Gasteiger partial charge in [-0.2, -0.15) is 0 Å². The second-order valence-electron chi connectivity index (χ2n) is 5.15. The summed E-state index contributed by atoms with van der Waals surface area (Å²) in [5.74, 6) is -0.661. The van der Waals surface area contributed by atoms with Gasteiger partial charge in [-0.05, 0) is 24.5 Å². The Morgan fingerprint density at radius 2 is 2.13 bits per heavy atom. The van der Waals surface area contributed by atoms with Gasteiger partial charge >= 0.3 is 0 Å². The molecule has 0 spiro atoms. The van der Waals surface area contributed by atoms with E-state index in [0.717, 1.165) is 0 Å². The number of carbonyl (C=O) groups is 1. The fourth-order valence-corrected chi connectivity index (χ4v) is 3.19. The Morgan fingerprint density at radius 1 is 1.35 bits per heavy atom. The van der Waals surface area contributed by atoms with Crippen molar-refractivity contribution in [2.24, 2.45) is 0 Å². The molecule has 1 aliphatic rings. The van der Waals surface area contributed by atoms with Gasteiger partial charge in [-0.15, -0.1) is 11.8 Å². The molecule has 1 aliphatic heterocycles. The van der Waals surface area contributed by atoms with Crippen LogP contribution in [-0.2, 0) is 0 Å². The first-order valence-corrected chi connectivity index (χ1v) is 8.42. The third-order valence-corrected chi connectivity index (χ3v) is 4.49. The third-order valence-electron chi connectivity index (χ3n) is 3.71. The lowest BCUT2D eigenvalue weighted by molar-refractivity contribution is 0.101. The van der Waals surface area contributed by atoms with E-state index in [9.17, 15) is 14.3 Å². The van der Waals surface area contributed by atoms with Gasteiger partial charge in [0.25, 0.3) is 5.91 Å². The highest BCUT2D eigenvalue weighted by atomic mass is 32.2. The van der Waals surface area contributed by atoms with E-state index in [2.05, 4.69) is 5.32 Å². The molecule has 4 nitrogen and oxygen atoms in total. The first-order valence-electron chi connectivity index (χ1n) is 7.19. The van der Waals surface area contributed by atoms with Gasteiger partial charge in [-0.1, -0.05) is 18.2 Å². The molecule has 3 rings (SSSR count). The number of para-hydroxylation sites is 1. The molecule has 1 atom stereocenters. The number of ether oxygens (including phenoxy) is 1. The minimum atomic E-state index is -0.620. The summed E-state index contributed by atoms with van der Waals surface area (Å²) >= 11 is 1.31. The van der Waals surface area contributed by atoms with Crippen molar-refractivity contribution in [2.45, 2.75) is 17.4 Å². The predicted molar refractivity (Wildman–Crippen MR) is 87.6 cm³/mol. The van der Waals surface area contributed by atoms with E-state index >= 15 is 0 Å². The Hall–Kier alpha value is -2.05. The van der Waals surface area contributed by atoms with E-state index in [0.29, 0.717) is 34.9 Å². The van der Waals surface area contributed by atoms with Crippen molar-refractivity contribution < 1.29 is 19.0 Å². The number of hydrogen-bond acceptors (Lipinski definition) is 4. The summed E-state index contributed by atoms with van der Waals surface area (Å²) in [4.78, 5) is 13.1. The van der Waals surface area contributed by atoms with E-state index in [4.69, 9.17) is 4.74 Å². The summed E-state index contributed by atoms with van der Waals surface area (Å²) in [6.45, 7) is 0.372. The largest absolute Gasteiger partial charge is 0.491 e. The first kappa shape index (κ1) is 15.8. The standard InChI is InChI=1S/C17H16FNO3S/c1-23-14-7-3-5-11(18)15(14)17(21)19-12-6-2-4-10-13(20)8-9-22-16(10)12/h2-7,13,20H,8-9H2,1H3,(H,19,21)/t13-/m0/s1. The quantitative estimate of drug-likeness (QED) is 0.843. The molecule has 2 aromatic rings. The number of halogens is 1. The van der Waals surface area contributed by atoms with E-state index in [1.54, 1.807) is 36.6 Å². The SMILES string of the molecule is CSc1cccc(F)c1C(=O)Nc1cccc2c1OCC[C@@H]2O. The number of thioether (sulfide) groups is 1. The Morgan fingerprint density at radius 3 is 2.91 bits per heavy atom. The highest BCUT2D eigenvalue weighted by Crippen LogP contribution is 2.38. The Balaban J connectivity index is 1.95. The number of aliphatic hydroxyl groups is 1. The number of rotatable bonds is 3. The summed E-state index contributed by atoms with van der Waals surface area (Å²) in [6.07, 6.45) is 1.68. The van der Waals surface area contributed by atoms with Crippen molar-refractivity contribution in [3.63, 3.8) is 0 Å². The fourth-order valence-electron chi connectivity index (χ4n) is 2.58. The van der Waals surface area contributed by atoms with Crippen LogP contribution >= 0.6 is 11.8 Å². The molecule has 0 unspecified atom stereocenters. The molecule has 1 heterocycles. The molecule has 0 aliphatic carbocycles. The average molecular weight is 333 g/mol. The van der Waals surface area contributed by atoms with Crippen LogP contribution in [0.25, 0.3) is 0 Å². The van der Waals surface area contributed by atoms with Gasteiger partial charge in [-0.25, -0.2) is 4.39 Å². The smallest absolute Gasteiger partial charge is 0.259 e. The average Bonchev–Trinajstić information content (AvgIpc) is 2.55. The van der Waals surface area contributed by atoms with Crippen molar-refractivity contribution in [2.75, 3.05) is 18.2 Å². The summed E-state index contributed by atoms with van der Waals surface area (Å²) in [5, 5.41) is 12.7. The Labute approximate surface area is 137 Å². The second kappa shape index (κ2) is 6.60. The van der Waals surface area contributed by atoms with Crippen molar-refractivity contribution in [3.05, 3.63) is 53.3 Å². The van der Waals surface area contributed by atoms with Crippen LogP contribution in [0.3, 0.4) is 0 Å². The molecular weight excluding hydrogens is 317 g/mol. The topological polar surface area (TPSA) is 58.6 Å². The molecule has 6 heteroatoms. The van der Waals surface area contributed by atoms with Gasteiger partial charge in [-0.3, -0.25) is 4.79 Å². The Kier molecular flexibility index (Phi) is 4.54. The van der Waals surface area contributed by atoms with Gasteiger partial charge < -0.3 is 15.2 Å². The first-order chi connectivity index (χ1) is 11.1. The zero-order chi connectivity index (χ0) is 16.4. The number of fused-ring (bicyclic) bond motifs is 1.